The van der Waals surface area contributed by atoms with Crippen LogP contribution in [0.1, 0.15) is 24.9 Å². The summed E-state index contributed by atoms with van der Waals surface area (Å²) < 4.78 is 1.26. The van der Waals surface area contributed by atoms with Gasteiger partial charge in [0, 0.05) is 9.61 Å². The summed E-state index contributed by atoms with van der Waals surface area (Å²) in [5.41, 5.74) is 7.15. The number of benzene rings is 1. The Bertz CT molecular complexity index is 235. The number of halogens is 1. The van der Waals surface area contributed by atoms with Crippen LogP contribution in [0.5, 0.6) is 0 Å². The molecule has 0 amide bonds. The minimum Gasteiger partial charge on any atom is -0.324 e. The fourth-order valence-corrected chi connectivity index (χ4v) is 1.78. The van der Waals surface area contributed by atoms with Crippen molar-refractivity contribution in [1.29, 1.82) is 0 Å². The van der Waals surface area contributed by atoms with Gasteiger partial charge in [-0.3, -0.25) is 0 Å². The predicted molar refractivity (Wildman–Crippen MR) is 56.4 cm³/mol. The molecule has 0 aromatic heterocycles. The van der Waals surface area contributed by atoms with Crippen LogP contribution in [0.2, 0.25) is 0 Å². The van der Waals surface area contributed by atoms with E-state index in [9.17, 15) is 0 Å². The monoisotopic (exact) mass is 261 g/mol. The Hall–Kier alpha value is -0.0900. The zero-order chi connectivity index (χ0) is 8.27. The summed E-state index contributed by atoms with van der Waals surface area (Å²) in [5, 5.41) is 0. The van der Waals surface area contributed by atoms with Gasteiger partial charge in [-0.2, -0.15) is 0 Å². The topological polar surface area (TPSA) is 26.0 Å². The van der Waals surface area contributed by atoms with E-state index >= 15 is 0 Å². The average molecular weight is 261 g/mol. The van der Waals surface area contributed by atoms with Crippen molar-refractivity contribution in [3.8, 4) is 0 Å². The Labute approximate surface area is 81.1 Å². The van der Waals surface area contributed by atoms with E-state index in [2.05, 4.69) is 41.6 Å². The van der Waals surface area contributed by atoms with Crippen molar-refractivity contribution < 1.29 is 0 Å². The third-order valence-corrected chi connectivity index (χ3v) is 2.73. The number of hydrogen-bond donors (Lipinski definition) is 1. The summed E-state index contributed by atoms with van der Waals surface area (Å²) in [5.74, 6) is 0. The first-order valence-electron chi connectivity index (χ1n) is 3.75. The lowest BCUT2D eigenvalue weighted by molar-refractivity contribution is 0.695. The highest BCUT2D eigenvalue weighted by Crippen LogP contribution is 2.19. The Morgan fingerprint density at radius 3 is 2.64 bits per heavy atom. The zero-order valence-corrected chi connectivity index (χ0v) is 8.71. The van der Waals surface area contributed by atoms with E-state index in [1.807, 2.05) is 12.1 Å². The van der Waals surface area contributed by atoms with Crippen molar-refractivity contribution in [3.05, 3.63) is 33.4 Å². The molecule has 1 aromatic carbocycles. The molecule has 0 aliphatic heterocycles. The molecule has 0 bridgehead atoms. The molecule has 0 heterocycles. The Morgan fingerprint density at radius 1 is 1.45 bits per heavy atom. The van der Waals surface area contributed by atoms with Gasteiger partial charge in [0.25, 0.3) is 0 Å². The van der Waals surface area contributed by atoms with Crippen LogP contribution in [0.4, 0.5) is 0 Å². The molecule has 1 atom stereocenters. The molecule has 0 saturated heterocycles. The Balaban J connectivity index is 2.93. The maximum atomic E-state index is 5.89. The molecular weight excluding hydrogens is 249 g/mol. The van der Waals surface area contributed by atoms with Crippen LogP contribution >= 0.6 is 22.6 Å². The minimum atomic E-state index is 0.197. The predicted octanol–water partition coefficient (Wildman–Crippen LogP) is 2.70. The molecule has 60 valence electrons. The van der Waals surface area contributed by atoms with Crippen molar-refractivity contribution >= 4 is 22.6 Å². The van der Waals surface area contributed by atoms with Gasteiger partial charge in [0.15, 0.2) is 0 Å². The van der Waals surface area contributed by atoms with Crippen molar-refractivity contribution in [2.24, 2.45) is 5.73 Å². The normalized spacial score (nSPS) is 13.0. The Morgan fingerprint density at radius 2 is 2.09 bits per heavy atom. The fourth-order valence-electron chi connectivity index (χ4n) is 0.996. The smallest absolute Gasteiger partial charge is 0.0302 e. The second kappa shape index (κ2) is 4.07. The first kappa shape index (κ1) is 9.00. The van der Waals surface area contributed by atoms with Crippen molar-refractivity contribution in [2.45, 2.75) is 19.4 Å². The molecule has 1 rings (SSSR count). The molecule has 0 aliphatic carbocycles. The average Bonchev–Trinajstić information content (AvgIpc) is 2.04. The summed E-state index contributed by atoms with van der Waals surface area (Å²) in [7, 11) is 0. The van der Waals surface area contributed by atoms with Gasteiger partial charge >= 0.3 is 0 Å². The first-order chi connectivity index (χ1) is 5.25. The minimum absolute atomic E-state index is 0.197. The molecule has 11 heavy (non-hydrogen) atoms. The highest BCUT2D eigenvalue weighted by atomic mass is 127. The van der Waals surface area contributed by atoms with Gasteiger partial charge in [0.05, 0.1) is 0 Å². The van der Waals surface area contributed by atoms with E-state index < -0.39 is 0 Å². The molecule has 1 unspecified atom stereocenters. The molecule has 1 aromatic rings. The lowest BCUT2D eigenvalue weighted by atomic mass is 10.1. The zero-order valence-electron chi connectivity index (χ0n) is 6.55. The number of hydrogen-bond acceptors (Lipinski definition) is 1. The van der Waals surface area contributed by atoms with Crippen molar-refractivity contribution in [2.75, 3.05) is 0 Å². The molecular formula is C9H12IN. The van der Waals surface area contributed by atoms with Crippen molar-refractivity contribution in [3.63, 3.8) is 0 Å². The van der Waals surface area contributed by atoms with Crippen LogP contribution in [-0.4, -0.2) is 0 Å². The summed E-state index contributed by atoms with van der Waals surface area (Å²) in [4.78, 5) is 0. The highest BCUT2D eigenvalue weighted by Gasteiger charge is 2.05. The first-order valence-corrected chi connectivity index (χ1v) is 4.83. The van der Waals surface area contributed by atoms with E-state index in [1.165, 1.54) is 9.13 Å². The van der Waals surface area contributed by atoms with E-state index in [0.717, 1.165) is 6.42 Å². The molecule has 0 radical (unpaired) electrons. The van der Waals surface area contributed by atoms with Gasteiger partial charge < -0.3 is 5.73 Å². The van der Waals surface area contributed by atoms with Gasteiger partial charge in [-0.25, -0.2) is 0 Å². The summed E-state index contributed by atoms with van der Waals surface area (Å²) in [6, 6.07) is 8.45. The molecule has 2 N–H and O–H groups in total. The quantitative estimate of drug-likeness (QED) is 0.814. The third-order valence-electron chi connectivity index (χ3n) is 1.74. The lowest BCUT2D eigenvalue weighted by Gasteiger charge is -2.10. The number of rotatable bonds is 2. The van der Waals surface area contributed by atoms with Crippen molar-refractivity contribution in [1.82, 2.24) is 0 Å². The largest absolute Gasteiger partial charge is 0.324 e. The molecule has 0 saturated carbocycles. The summed E-state index contributed by atoms with van der Waals surface area (Å²) >= 11 is 2.32. The molecule has 0 spiro atoms. The van der Waals surface area contributed by atoms with E-state index in [4.69, 9.17) is 5.73 Å². The van der Waals surface area contributed by atoms with Gasteiger partial charge in [-0.05, 0) is 40.6 Å². The summed E-state index contributed by atoms with van der Waals surface area (Å²) in [6.07, 6.45) is 1.00. The van der Waals surface area contributed by atoms with E-state index in [-0.39, 0.29) is 6.04 Å². The van der Waals surface area contributed by atoms with Crippen LogP contribution in [0.15, 0.2) is 24.3 Å². The SMILES string of the molecule is CCC(N)c1ccccc1I. The molecule has 0 fully saturated rings. The second-order valence-corrected chi connectivity index (χ2v) is 3.70. The van der Waals surface area contributed by atoms with Gasteiger partial charge in [0.2, 0.25) is 0 Å². The second-order valence-electron chi connectivity index (χ2n) is 2.54. The molecule has 0 aliphatic rings. The fraction of sp³-hybridized carbons (Fsp3) is 0.333. The van der Waals surface area contributed by atoms with E-state index in [0.29, 0.717) is 0 Å². The van der Waals surface area contributed by atoms with Crippen LogP contribution in [0.25, 0.3) is 0 Å². The Kier molecular flexibility index (Phi) is 3.33. The highest BCUT2D eigenvalue weighted by molar-refractivity contribution is 14.1. The summed E-state index contributed by atoms with van der Waals surface area (Å²) in [6.45, 7) is 2.10. The van der Waals surface area contributed by atoms with E-state index in [1.54, 1.807) is 0 Å². The van der Waals surface area contributed by atoms with Crippen LogP contribution in [-0.2, 0) is 0 Å². The van der Waals surface area contributed by atoms with Gasteiger partial charge in [-0.1, -0.05) is 25.1 Å². The lowest BCUT2D eigenvalue weighted by Crippen LogP contribution is -2.09. The molecule has 2 heteroatoms. The number of nitrogens with two attached hydrogens (primary N) is 1. The van der Waals surface area contributed by atoms with Gasteiger partial charge in [0.1, 0.15) is 0 Å². The van der Waals surface area contributed by atoms with Crippen LogP contribution in [0, 0.1) is 3.57 Å². The van der Waals surface area contributed by atoms with Gasteiger partial charge in [-0.15, -0.1) is 0 Å². The molecule has 1 nitrogen and oxygen atoms in total. The standard InChI is InChI=1S/C9H12IN/c1-2-9(11)7-5-3-4-6-8(7)10/h3-6,9H,2,11H2,1H3. The maximum absolute atomic E-state index is 5.89. The van der Waals surface area contributed by atoms with Crippen LogP contribution in [0.3, 0.4) is 0 Å². The van der Waals surface area contributed by atoms with Crippen LogP contribution < -0.4 is 5.73 Å². The maximum Gasteiger partial charge on any atom is 0.0302 e. The third kappa shape index (κ3) is 2.17.